The SMILES string of the molecule is Cc1ccc(Cl)cc1NC(=O)c1cc(C(=O)Nc2cc(Cl)ccc2C)n(C)n1. The van der Waals surface area contributed by atoms with E-state index >= 15 is 0 Å². The average Bonchev–Trinajstić information content (AvgIpc) is 3.03. The number of rotatable bonds is 4. The largest absolute Gasteiger partial charge is 0.320 e. The molecule has 0 saturated heterocycles. The molecule has 28 heavy (non-hydrogen) atoms. The van der Waals surface area contributed by atoms with Crippen LogP contribution in [-0.4, -0.2) is 21.6 Å². The van der Waals surface area contributed by atoms with Gasteiger partial charge in [-0.3, -0.25) is 14.3 Å². The van der Waals surface area contributed by atoms with Crippen molar-refractivity contribution in [3.63, 3.8) is 0 Å². The van der Waals surface area contributed by atoms with Gasteiger partial charge in [-0.25, -0.2) is 0 Å². The molecule has 3 aromatic rings. The molecule has 0 fully saturated rings. The van der Waals surface area contributed by atoms with Gasteiger partial charge in [-0.2, -0.15) is 5.10 Å². The second kappa shape index (κ2) is 8.04. The zero-order valence-electron chi connectivity index (χ0n) is 15.5. The maximum Gasteiger partial charge on any atom is 0.276 e. The molecule has 0 saturated carbocycles. The van der Waals surface area contributed by atoms with Crippen molar-refractivity contribution in [2.45, 2.75) is 13.8 Å². The van der Waals surface area contributed by atoms with Crippen molar-refractivity contribution in [1.82, 2.24) is 9.78 Å². The molecule has 8 heteroatoms. The summed E-state index contributed by atoms with van der Waals surface area (Å²) >= 11 is 12.0. The van der Waals surface area contributed by atoms with Crippen LogP contribution in [0.5, 0.6) is 0 Å². The molecule has 1 aromatic heterocycles. The number of hydrogen-bond donors (Lipinski definition) is 2. The molecule has 2 aromatic carbocycles. The number of halogens is 2. The van der Waals surface area contributed by atoms with Gasteiger partial charge >= 0.3 is 0 Å². The molecule has 6 nitrogen and oxygen atoms in total. The Kier molecular flexibility index (Phi) is 5.72. The van der Waals surface area contributed by atoms with Crippen LogP contribution < -0.4 is 10.6 Å². The van der Waals surface area contributed by atoms with Gasteiger partial charge in [0.2, 0.25) is 0 Å². The zero-order chi connectivity index (χ0) is 20.4. The van der Waals surface area contributed by atoms with Gasteiger partial charge in [0.05, 0.1) is 0 Å². The van der Waals surface area contributed by atoms with Crippen molar-refractivity contribution in [2.24, 2.45) is 7.05 Å². The maximum absolute atomic E-state index is 12.6. The van der Waals surface area contributed by atoms with Gasteiger partial charge in [-0.05, 0) is 49.2 Å². The smallest absolute Gasteiger partial charge is 0.276 e. The molecule has 2 amide bonds. The molecule has 3 rings (SSSR count). The molecular formula is C20H18Cl2N4O2. The van der Waals surface area contributed by atoms with Crippen LogP contribution in [-0.2, 0) is 7.05 Å². The van der Waals surface area contributed by atoms with Gasteiger partial charge in [-0.15, -0.1) is 0 Å². The molecule has 0 atom stereocenters. The lowest BCUT2D eigenvalue weighted by Crippen LogP contribution is -2.16. The number of aromatic nitrogens is 2. The van der Waals surface area contributed by atoms with Crippen LogP contribution in [0.25, 0.3) is 0 Å². The third kappa shape index (κ3) is 4.35. The van der Waals surface area contributed by atoms with E-state index in [-0.39, 0.29) is 11.4 Å². The number of carbonyl (C=O) groups excluding carboxylic acids is 2. The fourth-order valence-electron chi connectivity index (χ4n) is 2.62. The molecule has 2 N–H and O–H groups in total. The lowest BCUT2D eigenvalue weighted by molar-refractivity contribution is 0.101. The zero-order valence-corrected chi connectivity index (χ0v) is 17.0. The van der Waals surface area contributed by atoms with Crippen molar-refractivity contribution in [1.29, 1.82) is 0 Å². The molecule has 0 bridgehead atoms. The van der Waals surface area contributed by atoms with E-state index < -0.39 is 11.8 Å². The van der Waals surface area contributed by atoms with Crippen LogP contribution in [0.3, 0.4) is 0 Å². The van der Waals surface area contributed by atoms with Gasteiger partial charge in [0, 0.05) is 34.5 Å². The first-order valence-electron chi connectivity index (χ1n) is 8.43. The molecule has 0 aliphatic carbocycles. The Balaban J connectivity index is 1.80. The molecule has 0 spiro atoms. The lowest BCUT2D eigenvalue weighted by atomic mass is 10.2. The summed E-state index contributed by atoms with van der Waals surface area (Å²) in [6, 6.07) is 11.9. The lowest BCUT2D eigenvalue weighted by Gasteiger charge is -2.08. The van der Waals surface area contributed by atoms with Gasteiger partial charge in [0.25, 0.3) is 11.8 Å². The third-order valence-corrected chi connectivity index (χ3v) is 4.71. The van der Waals surface area contributed by atoms with Gasteiger partial charge in [0.1, 0.15) is 5.69 Å². The minimum Gasteiger partial charge on any atom is -0.320 e. The summed E-state index contributed by atoms with van der Waals surface area (Å²) in [6.45, 7) is 3.72. The Morgan fingerprint density at radius 3 is 1.89 bits per heavy atom. The minimum atomic E-state index is -0.432. The Bertz CT molecular complexity index is 1080. The number of nitrogens with one attached hydrogen (secondary N) is 2. The van der Waals surface area contributed by atoms with Crippen molar-refractivity contribution in [2.75, 3.05) is 10.6 Å². The summed E-state index contributed by atoms with van der Waals surface area (Å²) in [5.41, 5.74) is 3.28. The minimum absolute atomic E-state index is 0.120. The second-order valence-corrected chi connectivity index (χ2v) is 7.24. The fourth-order valence-corrected chi connectivity index (χ4v) is 2.97. The molecule has 0 aliphatic rings. The van der Waals surface area contributed by atoms with Crippen LogP contribution in [0.2, 0.25) is 10.0 Å². The molecule has 0 unspecified atom stereocenters. The number of carbonyl (C=O) groups is 2. The topological polar surface area (TPSA) is 76.0 Å². The highest BCUT2D eigenvalue weighted by Gasteiger charge is 2.19. The predicted molar refractivity (Wildman–Crippen MR) is 111 cm³/mol. The normalized spacial score (nSPS) is 10.6. The van der Waals surface area contributed by atoms with E-state index in [0.717, 1.165) is 11.1 Å². The van der Waals surface area contributed by atoms with E-state index in [1.807, 2.05) is 26.0 Å². The van der Waals surface area contributed by atoms with Crippen LogP contribution in [0, 0.1) is 13.8 Å². The monoisotopic (exact) mass is 416 g/mol. The van der Waals surface area contributed by atoms with Crippen LogP contribution >= 0.6 is 23.2 Å². The van der Waals surface area contributed by atoms with Gasteiger partial charge in [-0.1, -0.05) is 35.3 Å². The van der Waals surface area contributed by atoms with E-state index in [1.165, 1.54) is 10.7 Å². The van der Waals surface area contributed by atoms with E-state index in [1.54, 1.807) is 31.3 Å². The number of aryl methyl sites for hydroxylation is 3. The maximum atomic E-state index is 12.6. The summed E-state index contributed by atoms with van der Waals surface area (Å²) in [7, 11) is 1.60. The summed E-state index contributed by atoms with van der Waals surface area (Å²) in [6.07, 6.45) is 0. The van der Waals surface area contributed by atoms with E-state index in [4.69, 9.17) is 23.2 Å². The quantitative estimate of drug-likeness (QED) is 0.637. The summed E-state index contributed by atoms with van der Waals surface area (Å²) < 4.78 is 1.36. The van der Waals surface area contributed by atoms with Crippen LogP contribution in [0.15, 0.2) is 42.5 Å². The van der Waals surface area contributed by atoms with Crippen molar-refractivity contribution < 1.29 is 9.59 Å². The van der Waals surface area contributed by atoms with Crippen LogP contribution in [0.1, 0.15) is 32.1 Å². The Hall–Kier alpha value is -2.83. The summed E-state index contributed by atoms with van der Waals surface area (Å²) in [5, 5.41) is 10.7. The molecule has 144 valence electrons. The first kappa shape index (κ1) is 19.9. The van der Waals surface area contributed by atoms with E-state index in [0.29, 0.717) is 21.4 Å². The fraction of sp³-hybridized carbons (Fsp3) is 0.150. The highest BCUT2D eigenvalue weighted by molar-refractivity contribution is 6.31. The Morgan fingerprint density at radius 1 is 0.857 bits per heavy atom. The van der Waals surface area contributed by atoms with E-state index in [2.05, 4.69) is 15.7 Å². The van der Waals surface area contributed by atoms with Crippen molar-refractivity contribution >= 4 is 46.4 Å². The Morgan fingerprint density at radius 2 is 1.36 bits per heavy atom. The molecule has 1 heterocycles. The number of hydrogen-bond acceptors (Lipinski definition) is 3. The van der Waals surface area contributed by atoms with Gasteiger partial charge < -0.3 is 10.6 Å². The predicted octanol–water partition coefficient (Wildman–Crippen LogP) is 4.85. The molecule has 0 radical (unpaired) electrons. The standard InChI is InChI=1S/C20H18Cl2N4O2/c1-11-4-6-13(21)8-15(11)23-19(27)17-10-18(26(3)25-17)20(28)24-16-9-14(22)7-5-12(16)2/h4-10H,1-3H3,(H,23,27)(H,24,28). The summed E-state index contributed by atoms with van der Waals surface area (Å²) in [4.78, 5) is 25.2. The molecule has 0 aliphatic heterocycles. The highest BCUT2D eigenvalue weighted by Crippen LogP contribution is 2.22. The van der Waals surface area contributed by atoms with Crippen LogP contribution in [0.4, 0.5) is 11.4 Å². The van der Waals surface area contributed by atoms with Gasteiger partial charge in [0.15, 0.2) is 5.69 Å². The van der Waals surface area contributed by atoms with E-state index in [9.17, 15) is 9.59 Å². The van der Waals surface area contributed by atoms with Crippen molar-refractivity contribution in [3.8, 4) is 0 Å². The number of benzene rings is 2. The Labute approximate surface area is 172 Å². The number of nitrogens with zero attached hydrogens (tertiary/aromatic N) is 2. The van der Waals surface area contributed by atoms with Crippen molar-refractivity contribution in [3.05, 3.63) is 75.0 Å². The second-order valence-electron chi connectivity index (χ2n) is 6.37. The first-order valence-corrected chi connectivity index (χ1v) is 9.19. The number of anilines is 2. The molecular weight excluding hydrogens is 399 g/mol. The third-order valence-electron chi connectivity index (χ3n) is 4.24. The first-order chi connectivity index (χ1) is 13.2. The highest BCUT2D eigenvalue weighted by atomic mass is 35.5. The summed E-state index contributed by atoms with van der Waals surface area (Å²) in [5.74, 6) is -0.822. The average molecular weight is 417 g/mol. The number of amides is 2.